The Morgan fingerprint density at radius 1 is 1.47 bits per heavy atom. The smallest absolute Gasteiger partial charge is 0.410 e. The third-order valence-electron chi connectivity index (χ3n) is 2.73. The highest BCUT2D eigenvalue weighted by Crippen LogP contribution is 2.11. The molecule has 1 fully saturated rings. The molecule has 0 radical (unpaired) electrons. The molecule has 0 aliphatic carbocycles. The summed E-state index contributed by atoms with van der Waals surface area (Å²) < 4.78 is 10.5. The summed E-state index contributed by atoms with van der Waals surface area (Å²) in [6.07, 6.45) is 0.426. The lowest BCUT2D eigenvalue weighted by atomic mass is 10.2. The fourth-order valence-corrected chi connectivity index (χ4v) is 1.76. The molecule has 1 heterocycles. The summed E-state index contributed by atoms with van der Waals surface area (Å²) in [4.78, 5) is 13.3. The Labute approximate surface area is 101 Å². The van der Waals surface area contributed by atoms with Crippen molar-refractivity contribution in [2.75, 3.05) is 20.3 Å². The van der Waals surface area contributed by atoms with Crippen molar-refractivity contribution in [3.8, 4) is 0 Å². The number of ether oxygens (including phenoxy) is 2. The first-order valence-corrected chi connectivity index (χ1v) is 5.79. The van der Waals surface area contributed by atoms with Crippen LogP contribution >= 0.6 is 0 Å². The highest BCUT2D eigenvalue weighted by atomic mass is 16.6. The van der Waals surface area contributed by atoms with Crippen LogP contribution in [0.5, 0.6) is 0 Å². The number of benzene rings is 1. The molecule has 0 aromatic heterocycles. The second-order valence-electron chi connectivity index (χ2n) is 4.21. The first-order valence-electron chi connectivity index (χ1n) is 5.79. The first-order chi connectivity index (χ1) is 8.25. The third kappa shape index (κ3) is 3.46. The molecule has 17 heavy (non-hydrogen) atoms. The van der Waals surface area contributed by atoms with Gasteiger partial charge in [-0.15, -0.1) is 0 Å². The molecule has 4 nitrogen and oxygen atoms in total. The van der Waals surface area contributed by atoms with Gasteiger partial charge in [-0.25, -0.2) is 4.79 Å². The van der Waals surface area contributed by atoms with Crippen LogP contribution in [-0.2, 0) is 16.0 Å². The maximum absolute atomic E-state index is 11.8. The maximum atomic E-state index is 11.8. The Hall–Kier alpha value is -1.55. The Balaban J connectivity index is 1.82. The third-order valence-corrected chi connectivity index (χ3v) is 2.73. The highest BCUT2D eigenvalue weighted by molar-refractivity contribution is 5.67. The summed E-state index contributed by atoms with van der Waals surface area (Å²) in [7, 11) is 1.74. The average molecular weight is 235 g/mol. The van der Waals surface area contributed by atoms with E-state index in [-0.39, 0.29) is 12.2 Å². The molecule has 4 heteroatoms. The van der Waals surface area contributed by atoms with Crippen molar-refractivity contribution in [3.63, 3.8) is 0 Å². The molecule has 1 aromatic rings. The molecule has 0 saturated carbocycles. The molecule has 1 atom stereocenters. The van der Waals surface area contributed by atoms with Crippen molar-refractivity contribution >= 4 is 6.09 Å². The van der Waals surface area contributed by atoms with Crippen LogP contribution in [-0.4, -0.2) is 37.4 Å². The van der Waals surface area contributed by atoms with Gasteiger partial charge in [-0.05, 0) is 5.56 Å². The summed E-state index contributed by atoms with van der Waals surface area (Å²) in [5.74, 6) is 0. The summed E-state index contributed by atoms with van der Waals surface area (Å²) in [6.45, 7) is 1.76. The number of rotatable bonds is 3. The zero-order valence-electron chi connectivity index (χ0n) is 9.96. The van der Waals surface area contributed by atoms with Gasteiger partial charge in [0.15, 0.2) is 0 Å². The van der Waals surface area contributed by atoms with Crippen LogP contribution < -0.4 is 0 Å². The van der Waals surface area contributed by atoms with Gasteiger partial charge in [-0.3, -0.25) is 0 Å². The van der Waals surface area contributed by atoms with Crippen LogP contribution in [0, 0.1) is 0 Å². The fraction of sp³-hybridized carbons (Fsp3) is 0.462. The number of hydrogen-bond acceptors (Lipinski definition) is 3. The van der Waals surface area contributed by atoms with Gasteiger partial charge in [0.05, 0.1) is 13.2 Å². The van der Waals surface area contributed by atoms with E-state index in [1.54, 1.807) is 11.9 Å². The average Bonchev–Trinajstić information content (AvgIpc) is 2.83. The van der Waals surface area contributed by atoms with Crippen molar-refractivity contribution in [2.24, 2.45) is 0 Å². The van der Waals surface area contributed by atoms with Crippen molar-refractivity contribution in [1.82, 2.24) is 4.90 Å². The first kappa shape index (κ1) is 11.9. The van der Waals surface area contributed by atoms with E-state index in [1.165, 1.54) is 0 Å². The van der Waals surface area contributed by atoms with E-state index in [0.717, 1.165) is 12.0 Å². The molecular formula is C13H17NO3. The SMILES string of the molecule is CN(Cc1ccccc1)C(=O)OC1CCOC1. The molecule has 1 unspecified atom stereocenters. The Morgan fingerprint density at radius 2 is 2.24 bits per heavy atom. The van der Waals surface area contributed by atoms with Gasteiger partial charge in [0.2, 0.25) is 0 Å². The van der Waals surface area contributed by atoms with Gasteiger partial charge in [-0.1, -0.05) is 30.3 Å². The molecule has 0 N–H and O–H groups in total. The minimum Gasteiger partial charge on any atom is -0.444 e. The minimum atomic E-state index is -0.288. The normalized spacial score (nSPS) is 19.0. The number of amides is 1. The lowest BCUT2D eigenvalue weighted by Crippen LogP contribution is -2.30. The second kappa shape index (κ2) is 5.68. The summed E-state index contributed by atoms with van der Waals surface area (Å²) >= 11 is 0. The fourth-order valence-electron chi connectivity index (χ4n) is 1.76. The van der Waals surface area contributed by atoms with Crippen molar-refractivity contribution < 1.29 is 14.3 Å². The number of carbonyl (C=O) groups excluding carboxylic acids is 1. The number of hydrogen-bond donors (Lipinski definition) is 0. The minimum absolute atomic E-state index is 0.0827. The summed E-state index contributed by atoms with van der Waals surface area (Å²) in [5.41, 5.74) is 1.09. The monoisotopic (exact) mass is 235 g/mol. The van der Waals surface area contributed by atoms with Gasteiger partial charge in [0.1, 0.15) is 6.10 Å². The van der Waals surface area contributed by atoms with Crippen molar-refractivity contribution in [1.29, 1.82) is 0 Å². The molecule has 0 bridgehead atoms. The summed E-state index contributed by atoms with van der Waals surface area (Å²) in [5, 5.41) is 0. The number of carbonyl (C=O) groups is 1. The van der Waals surface area contributed by atoms with E-state index in [4.69, 9.17) is 9.47 Å². The van der Waals surface area contributed by atoms with E-state index < -0.39 is 0 Å². The van der Waals surface area contributed by atoms with Crippen LogP contribution in [0.2, 0.25) is 0 Å². The Bertz CT molecular complexity index is 360. The maximum Gasteiger partial charge on any atom is 0.410 e. The standard InChI is InChI=1S/C13H17NO3/c1-14(9-11-5-3-2-4-6-11)13(15)17-12-7-8-16-10-12/h2-6,12H,7-10H2,1H3. The van der Waals surface area contributed by atoms with Crippen molar-refractivity contribution in [3.05, 3.63) is 35.9 Å². The molecule has 1 aromatic carbocycles. The van der Waals surface area contributed by atoms with Gasteiger partial charge in [0.25, 0.3) is 0 Å². The van der Waals surface area contributed by atoms with Gasteiger partial charge >= 0.3 is 6.09 Å². The molecule has 92 valence electrons. The Morgan fingerprint density at radius 3 is 2.88 bits per heavy atom. The molecule has 1 amide bonds. The molecule has 2 rings (SSSR count). The van der Waals surface area contributed by atoms with E-state index in [9.17, 15) is 4.79 Å². The molecular weight excluding hydrogens is 218 g/mol. The lowest BCUT2D eigenvalue weighted by Gasteiger charge is -2.19. The van der Waals surface area contributed by atoms with Crippen LogP contribution in [0.1, 0.15) is 12.0 Å². The van der Waals surface area contributed by atoms with E-state index in [0.29, 0.717) is 19.8 Å². The predicted molar refractivity (Wildman–Crippen MR) is 63.6 cm³/mol. The van der Waals surface area contributed by atoms with Crippen molar-refractivity contribution in [2.45, 2.75) is 19.1 Å². The molecule has 1 saturated heterocycles. The van der Waals surface area contributed by atoms with Crippen LogP contribution in [0.4, 0.5) is 4.79 Å². The van der Waals surface area contributed by atoms with Gasteiger partial charge < -0.3 is 14.4 Å². The zero-order valence-corrected chi connectivity index (χ0v) is 9.96. The Kier molecular flexibility index (Phi) is 3.98. The van der Waals surface area contributed by atoms with E-state index in [2.05, 4.69) is 0 Å². The van der Waals surface area contributed by atoms with Crippen LogP contribution in [0.15, 0.2) is 30.3 Å². The zero-order chi connectivity index (χ0) is 12.1. The van der Waals surface area contributed by atoms with E-state index >= 15 is 0 Å². The lowest BCUT2D eigenvalue weighted by molar-refractivity contribution is 0.0586. The van der Waals surface area contributed by atoms with E-state index in [1.807, 2.05) is 30.3 Å². The molecule has 0 spiro atoms. The molecule has 1 aliphatic heterocycles. The largest absolute Gasteiger partial charge is 0.444 e. The van der Waals surface area contributed by atoms with Crippen LogP contribution in [0.25, 0.3) is 0 Å². The predicted octanol–water partition coefficient (Wildman–Crippen LogP) is 2.04. The molecule has 1 aliphatic rings. The van der Waals surface area contributed by atoms with Crippen LogP contribution in [0.3, 0.4) is 0 Å². The van der Waals surface area contributed by atoms with Gasteiger partial charge in [-0.2, -0.15) is 0 Å². The highest BCUT2D eigenvalue weighted by Gasteiger charge is 2.21. The summed E-state index contributed by atoms with van der Waals surface area (Å²) in [6, 6.07) is 9.85. The number of nitrogens with zero attached hydrogens (tertiary/aromatic N) is 1. The van der Waals surface area contributed by atoms with Gasteiger partial charge in [0, 0.05) is 20.0 Å². The second-order valence-corrected chi connectivity index (χ2v) is 4.21. The quantitative estimate of drug-likeness (QED) is 0.804. The topological polar surface area (TPSA) is 38.8 Å².